The molecule has 2 nitrogen and oxygen atoms in total. The largest absolute Gasteiger partial charge is 0.353 e. The molecule has 2 atom stereocenters. The van der Waals surface area contributed by atoms with Crippen molar-refractivity contribution in [3.63, 3.8) is 0 Å². The number of hydrogen-bond donors (Lipinski definition) is 0. The zero-order chi connectivity index (χ0) is 13.4. The van der Waals surface area contributed by atoms with Crippen LogP contribution in [-0.4, -0.2) is 24.9 Å². The van der Waals surface area contributed by atoms with E-state index in [1.807, 2.05) is 0 Å². The molecular formula is C15H27ClO2. The summed E-state index contributed by atoms with van der Waals surface area (Å²) in [5, 5.41) is 0. The molecule has 0 aromatic rings. The Bertz CT molecular complexity index is 235. The number of hydrogen-bond acceptors (Lipinski definition) is 2. The van der Waals surface area contributed by atoms with Crippen molar-refractivity contribution in [2.45, 2.75) is 64.8 Å². The Balaban J connectivity index is 2.40. The molecule has 18 heavy (non-hydrogen) atoms. The van der Waals surface area contributed by atoms with E-state index in [-0.39, 0.29) is 12.4 Å². The fourth-order valence-electron chi connectivity index (χ4n) is 2.30. The second kappa shape index (κ2) is 8.95. The van der Waals surface area contributed by atoms with Gasteiger partial charge in [-0.3, -0.25) is 0 Å². The predicted molar refractivity (Wildman–Crippen MR) is 77.0 cm³/mol. The zero-order valence-corrected chi connectivity index (χ0v) is 12.5. The molecule has 3 heteroatoms. The second-order valence-corrected chi connectivity index (χ2v) is 5.95. The Morgan fingerprint density at radius 2 is 2.22 bits per heavy atom. The maximum Gasteiger partial charge on any atom is 0.157 e. The zero-order valence-electron chi connectivity index (χ0n) is 11.8. The summed E-state index contributed by atoms with van der Waals surface area (Å²) in [7, 11) is 0. The highest BCUT2D eigenvalue weighted by Crippen LogP contribution is 2.23. The number of halogens is 1. The van der Waals surface area contributed by atoms with Gasteiger partial charge in [-0.15, -0.1) is 11.6 Å². The van der Waals surface area contributed by atoms with Gasteiger partial charge in [0.15, 0.2) is 6.29 Å². The van der Waals surface area contributed by atoms with Crippen LogP contribution in [-0.2, 0) is 9.47 Å². The van der Waals surface area contributed by atoms with Crippen LogP contribution in [0.4, 0.5) is 0 Å². The van der Waals surface area contributed by atoms with Gasteiger partial charge in [-0.25, -0.2) is 0 Å². The third-order valence-electron chi connectivity index (χ3n) is 3.18. The molecule has 0 aliphatic carbocycles. The van der Waals surface area contributed by atoms with Crippen molar-refractivity contribution >= 4 is 11.6 Å². The Morgan fingerprint density at radius 1 is 1.44 bits per heavy atom. The molecule has 0 aromatic carbocycles. The van der Waals surface area contributed by atoms with Crippen LogP contribution < -0.4 is 0 Å². The van der Waals surface area contributed by atoms with Gasteiger partial charge in [0.2, 0.25) is 0 Å². The van der Waals surface area contributed by atoms with Crippen molar-refractivity contribution in [2.24, 2.45) is 5.92 Å². The SMILES string of the molecule is C=C(CCCl)CC(CC(C)C)OC1CCCCO1. The fourth-order valence-corrected chi connectivity index (χ4v) is 2.57. The molecule has 0 amide bonds. The Morgan fingerprint density at radius 3 is 2.78 bits per heavy atom. The fraction of sp³-hybridized carbons (Fsp3) is 0.867. The summed E-state index contributed by atoms with van der Waals surface area (Å²) in [5.41, 5.74) is 1.19. The van der Waals surface area contributed by atoms with Gasteiger partial charge in [0.1, 0.15) is 0 Å². The molecule has 1 aliphatic heterocycles. The van der Waals surface area contributed by atoms with Crippen LogP contribution in [0.25, 0.3) is 0 Å². The van der Waals surface area contributed by atoms with E-state index in [1.54, 1.807) is 0 Å². The van der Waals surface area contributed by atoms with Gasteiger partial charge in [0.05, 0.1) is 6.10 Å². The van der Waals surface area contributed by atoms with E-state index in [4.69, 9.17) is 21.1 Å². The minimum Gasteiger partial charge on any atom is -0.353 e. The van der Waals surface area contributed by atoms with Crippen molar-refractivity contribution in [1.29, 1.82) is 0 Å². The van der Waals surface area contributed by atoms with Crippen molar-refractivity contribution in [1.82, 2.24) is 0 Å². The second-order valence-electron chi connectivity index (χ2n) is 5.58. The van der Waals surface area contributed by atoms with Crippen molar-refractivity contribution in [3.8, 4) is 0 Å². The molecule has 0 saturated carbocycles. The normalized spacial score (nSPS) is 22.1. The maximum absolute atomic E-state index is 6.09. The first-order chi connectivity index (χ1) is 8.61. The first kappa shape index (κ1) is 16.0. The summed E-state index contributed by atoms with van der Waals surface area (Å²) in [4.78, 5) is 0. The smallest absolute Gasteiger partial charge is 0.157 e. The van der Waals surface area contributed by atoms with E-state index in [0.717, 1.165) is 38.7 Å². The van der Waals surface area contributed by atoms with Crippen LogP contribution in [0.1, 0.15) is 52.4 Å². The molecule has 0 spiro atoms. The first-order valence-electron chi connectivity index (χ1n) is 7.11. The van der Waals surface area contributed by atoms with E-state index < -0.39 is 0 Å². The van der Waals surface area contributed by atoms with Crippen molar-refractivity contribution < 1.29 is 9.47 Å². The average Bonchev–Trinajstić information content (AvgIpc) is 2.29. The van der Waals surface area contributed by atoms with Crippen LogP contribution in [0.5, 0.6) is 0 Å². The molecule has 0 bridgehead atoms. The first-order valence-corrected chi connectivity index (χ1v) is 7.65. The Hall–Kier alpha value is -0.0500. The van der Waals surface area contributed by atoms with Crippen LogP contribution in [0, 0.1) is 5.92 Å². The Kier molecular flexibility index (Phi) is 7.96. The minimum absolute atomic E-state index is 0.00805. The molecule has 0 aromatic heterocycles. The Labute approximate surface area is 117 Å². The topological polar surface area (TPSA) is 18.5 Å². The number of alkyl halides is 1. The van der Waals surface area contributed by atoms with E-state index in [2.05, 4.69) is 20.4 Å². The van der Waals surface area contributed by atoms with Crippen LogP contribution in [0.3, 0.4) is 0 Å². The van der Waals surface area contributed by atoms with Gasteiger partial charge in [0.25, 0.3) is 0 Å². The van der Waals surface area contributed by atoms with Gasteiger partial charge in [-0.2, -0.15) is 0 Å². The molecule has 0 radical (unpaired) electrons. The van der Waals surface area contributed by atoms with Crippen molar-refractivity contribution in [3.05, 3.63) is 12.2 Å². The van der Waals surface area contributed by atoms with E-state index in [0.29, 0.717) is 11.8 Å². The summed E-state index contributed by atoms with van der Waals surface area (Å²) in [6.07, 6.45) is 6.46. The molecule has 1 aliphatic rings. The highest BCUT2D eigenvalue weighted by molar-refractivity contribution is 6.17. The lowest BCUT2D eigenvalue weighted by Gasteiger charge is -2.29. The van der Waals surface area contributed by atoms with Crippen molar-refractivity contribution in [2.75, 3.05) is 12.5 Å². The molecule has 2 unspecified atom stereocenters. The van der Waals surface area contributed by atoms with E-state index in [9.17, 15) is 0 Å². The standard InChI is InChI=1S/C15H27ClO2/c1-12(2)10-14(11-13(3)7-8-16)18-15-6-4-5-9-17-15/h12,14-15H,3-11H2,1-2H3. The van der Waals surface area contributed by atoms with Gasteiger partial charge in [-0.05, 0) is 44.4 Å². The molecule has 106 valence electrons. The summed E-state index contributed by atoms with van der Waals surface area (Å²) in [6, 6.07) is 0. The summed E-state index contributed by atoms with van der Waals surface area (Å²) in [6.45, 7) is 9.36. The van der Waals surface area contributed by atoms with Crippen LogP contribution >= 0.6 is 11.6 Å². The number of ether oxygens (including phenoxy) is 2. The quantitative estimate of drug-likeness (QED) is 0.479. The third-order valence-corrected chi connectivity index (χ3v) is 3.37. The lowest BCUT2D eigenvalue weighted by Crippen LogP contribution is -2.29. The van der Waals surface area contributed by atoms with Gasteiger partial charge in [0, 0.05) is 12.5 Å². The monoisotopic (exact) mass is 274 g/mol. The molecule has 1 fully saturated rings. The summed E-state index contributed by atoms with van der Waals surface area (Å²) >= 11 is 5.75. The minimum atomic E-state index is -0.00805. The number of rotatable bonds is 8. The highest BCUT2D eigenvalue weighted by atomic mass is 35.5. The van der Waals surface area contributed by atoms with E-state index >= 15 is 0 Å². The third kappa shape index (κ3) is 6.77. The lowest BCUT2D eigenvalue weighted by atomic mass is 9.99. The molecule has 1 rings (SSSR count). The average molecular weight is 275 g/mol. The predicted octanol–water partition coefficient (Wildman–Crippen LogP) is 4.52. The summed E-state index contributed by atoms with van der Waals surface area (Å²) in [5.74, 6) is 1.27. The maximum atomic E-state index is 6.09. The van der Waals surface area contributed by atoms with Gasteiger partial charge >= 0.3 is 0 Å². The lowest BCUT2D eigenvalue weighted by molar-refractivity contribution is -0.190. The highest BCUT2D eigenvalue weighted by Gasteiger charge is 2.21. The van der Waals surface area contributed by atoms with Gasteiger partial charge in [-0.1, -0.05) is 26.0 Å². The van der Waals surface area contributed by atoms with Gasteiger partial charge < -0.3 is 9.47 Å². The molecular weight excluding hydrogens is 248 g/mol. The van der Waals surface area contributed by atoms with E-state index in [1.165, 1.54) is 12.0 Å². The molecule has 1 heterocycles. The van der Waals surface area contributed by atoms with Crippen LogP contribution in [0.15, 0.2) is 12.2 Å². The molecule has 1 saturated heterocycles. The molecule has 0 N–H and O–H groups in total. The summed E-state index contributed by atoms with van der Waals surface area (Å²) < 4.78 is 11.7. The van der Waals surface area contributed by atoms with Crippen LogP contribution in [0.2, 0.25) is 0 Å².